The summed E-state index contributed by atoms with van der Waals surface area (Å²) in [6.45, 7) is 4.85. The molecule has 2 aliphatic heterocycles. The van der Waals surface area contributed by atoms with Crippen LogP contribution in [0.15, 0.2) is 30.7 Å². The van der Waals surface area contributed by atoms with Gasteiger partial charge in [0.1, 0.15) is 22.8 Å². The summed E-state index contributed by atoms with van der Waals surface area (Å²) < 4.78 is 10.5. The summed E-state index contributed by atoms with van der Waals surface area (Å²) in [6, 6.07) is 3.60. The van der Waals surface area contributed by atoms with Crippen LogP contribution in [0.5, 0.6) is 0 Å². The van der Waals surface area contributed by atoms with E-state index in [-0.39, 0.29) is 5.91 Å². The van der Waals surface area contributed by atoms with Crippen molar-refractivity contribution in [2.75, 3.05) is 33.3 Å². The number of hydrogen-bond donors (Lipinski definition) is 0. The van der Waals surface area contributed by atoms with Crippen molar-refractivity contribution in [2.45, 2.75) is 44.4 Å². The molecule has 1 spiro atoms. The Morgan fingerprint density at radius 2 is 2.06 bits per heavy atom. The van der Waals surface area contributed by atoms with E-state index in [2.05, 4.69) is 21.5 Å². The minimum atomic E-state index is -0.408. The van der Waals surface area contributed by atoms with Gasteiger partial charge in [0, 0.05) is 64.2 Å². The van der Waals surface area contributed by atoms with Gasteiger partial charge in [-0.25, -0.2) is 9.97 Å². The summed E-state index contributed by atoms with van der Waals surface area (Å²) >= 11 is 6.07. The Balaban J connectivity index is 1.16. The molecular formula is C24H29ClN6O2. The number of amides is 1. The first kappa shape index (κ1) is 21.1. The molecule has 0 atom stereocenters. The number of likely N-dealkylation sites (tertiary alicyclic amines) is 1. The molecule has 33 heavy (non-hydrogen) atoms. The van der Waals surface area contributed by atoms with Crippen molar-refractivity contribution in [1.29, 1.82) is 0 Å². The highest BCUT2D eigenvalue weighted by molar-refractivity contribution is 6.30. The predicted molar refractivity (Wildman–Crippen MR) is 124 cm³/mol. The second kappa shape index (κ2) is 8.11. The first-order chi connectivity index (χ1) is 16.0. The Hall–Kier alpha value is -2.42. The van der Waals surface area contributed by atoms with Gasteiger partial charge in [0.05, 0.1) is 17.3 Å². The molecule has 2 fully saturated rings. The zero-order chi connectivity index (χ0) is 22.6. The van der Waals surface area contributed by atoms with Crippen LogP contribution in [0.4, 0.5) is 0 Å². The lowest BCUT2D eigenvalue weighted by atomic mass is 9.89. The second-order valence-corrected chi connectivity index (χ2v) is 10.2. The number of rotatable bonds is 5. The highest BCUT2D eigenvalue weighted by Crippen LogP contribution is 2.39. The van der Waals surface area contributed by atoms with Gasteiger partial charge in [0.2, 0.25) is 0 Å². The lowest BCUT2D eigenvalue weighted by molar-refractivity contribution is -0.112. The molecule has 3 aromatic rings. The zero-order valence-corrected chi connectivity index (χ0v) is 19.7. The third-order valence-corrected chi connectivity index (χ3v) is 7.45. The molecule has 9 heteroatoms. The van der Waals surface area contributed by atoms with Crippen molar-refractivity contribution in [2.24, 2.45) is 5.92 Å². The van der Waals surface area contributed by atoms with Crippen LogP contribution in [0, 0.1) is 5.92 Å². The largest absolute Gasteiger partial charge is 0.365 e. The van der Waals surface area contributed by atoms with E-state index in [9.17, 15) is 4.79 Å². The molecule has 1 saturated carbocycles. The Morgan fingerprint density at radius 1 is 1.24 bits per heavy atom. The van der Waals surface area contributed by atoms with E-state index in [0.29, 0.717) is 36.1 Å². The fourth-order valence-corrected chi connectivity index (χ4v) is 5.47. The van der Waals surface area contributed by atoms with Crippen LogP contribution in [0.3, 0.4) is 0 Å². The number of carbonyl (C=O) groups excluding carboxylic acids is 1. The van der Waals surface area contributed by atoms with Crippen molar-refractivity contribution in [3.63, 3.8) is 0 Å². The van der Waals surface area contributed by atoms with Crippen molar-refractivity contribution in [3.05, 3.63) is 53.0 Å². The minimum absolute atomic E-state index is 0.0498. The Kier molecular flexibility index (Phi) is 5.19. The van der Waals surface area contributed by atoms with Crippen molar-refractivity contribution in [3.8, 4) is 0 Å². The molecule has 1 amide bonds. The highest BCUT2D eigenvalue weighted by Gasteiger charge is 2.44. The van der Waals surface area contributed by atoms with Gasteiger partial charge in [-0.05, 0) is 37.9 Å². The standard InChI is InChI=1S/C24H29ClN6O2/c1-28(13-17-2-3-17)15-19-12-26-23-24(33-11-10-31(19)23)6-8-29(9-7-24)22(32)20-16-30-14-18(25)4-5-21(30)27-20/h4-5,12,14,16-17H,2-3,6-11,13,15H2,1H3. The summed E-state index contributed by atoms with van der Waals surface area (Å²) in [7, 11) is 2.20. The van der Waals surface area contributed by atoms with Crippen molar-refractivity contribution >= 4 is 23.2 Å². The van der Waals surface area contributed by atoms with Gasteiger partial charge in [-0.15, -0.1) is 0 Å². The van der Waals surface area contributed by atoms with Gasteiger partial charge in [-0.3, -0.25) is 4.79 Å². The molecule has 0 N–H and O–H groups in total. The Bertz CT molecular complexity index is 1190. The fraction of sp³-hybridized carbons (Fsp3) is 0.542. The van der Waals surface area contributed by atoms with Crippen LogP contribution in [0.2, 0.25) is 5.02 Å². The third-order valence-electron chi connectivity index (χ3n) is 7.23. The third kappa shape index (κ3) is 3.94. The number of halogens is 1. The van der Waals surface area contributed by atoms with Crippen LogP contribution in [0.25, 0.3) is 5.65 Å². The van der Waals surface area contributed by atoms with Gasteiger partial charge in [-0.1, -0.05) is 11.6 Å². The van der Waals surface area contributed by atoms with Gasteiger partial charge < -0.3 is 23.5 Å². The summed E-state index contributed by atoms with van der Waals surface area (Å²) in [5.41, 5.74) is 2.01. The first-order valence-corrected chi connectivity index (χ1v) is 12.2. The smallest absolute Gasteiger partial charge is 0.274 e. The van der Waals surface area contributed by atoms with E-state index in [4.69, 9.17) is 21.3 Å². The number of carbonyl (C=O) groups is 1. The van der Waals surface area contributed by atoms with Crippen LogP contribution >= 0.6 is 11.6 Å². The topological polar surface area (TPSA) is 67.9 Å². The van der Waals surface area contributed by atoms with E-state index in [1.54, 1.807) is 22.9 Å². The normalized spacial score (nSPS) is 20.0. The Labute approximate surface area is 198 Å². The van der Waals surface area contributed by atoms with Gasteiger partial charge in [-0.2, -0.15) is 0 Å². The molecule has 1 saturated heterocycles. The number of hydrogen-bond acceptors (Lipinski definition) is 5. The molecule has 174 valence electrons. The number of pyridine rings is 1. The van der Waals surface area contributed by atoms with E-state index in [1.165, 1.54) is 18.5 Å². The number of fused-ring (bicyclic) bond motifs is 3. The minimum Gasteiger partial charge on any atom is -0.365 e. The molecule has 5 heterocycles. The predicted octanol–water partition coefficient (Wildman–Crippen LogP) is 3.19. The molecule has 0 bridgehead atoms. The number of aromatic nitrogens is 4. The van der Waals surface area contributed by atoms with E-state index >= 15 is 0 Å². The fourth-order valence-electron chi connectivity index (χ4n) is 5.30. The molecule has 0 aromatic carbocycles. The number of imidazole rings is 2. The van der Waals surface area contributed by atoms with Gasteiger partial charge in [0.15, 0.2) is 0 Å². The maximum Gasteiger partial charge on any atom is 0.274 e. The molecule has 0 radical (unpaired) electrons. The average Bonchev–Trinajstić information content (AvgIpc) is 3.36. The monoisotopic (exact) mass is 468 g/mol. The maximum absolute atomic E-state index is 13.1. The maximum atomic E-state index is 13.1. The molecule has 3 aliphatic rings. The molecule has 1 aliphatic carbocycles. The second-order valence-electron chi connectivity index (χ2n) is 9.74. The average molecular weight is 469 g/mol. The van der Waals surface area contributed by atoms with Crippen LogP contribution in [-0.2, 0) is 23.4 Å². The molecule has 0 unspecified atom stereocenters. The molecule has 6 rings (SSSR count). The molecular weight excluding hydrogens is 440 g/mol. The number of ether oxygens (including phenoxy) is 1. The Morgan fingerprint density at radius 3 is 2.85 bits per heavy atom. The van der Waals surface area contributed by atoms with Crippen LogP contribution in [-0.4, -0.2) is 67.9 Å². The quantitative estimate of drug-likeness (QED) is 0.575. The number of piperidine rings is 1. The lowest BCUT2D eigenvalue weighted by Gasteiger charge is -2.43. The van der Waals surface area contributed by atoms with Crippen LogP contribution in [0.1, 0.15) is 47.7 Å². The summed E-state index contributed by atoms with van der Waals surface area (Å²) in [6.07, 6.45) is 9.75. The van der Waals surface area contributed by atoms with Crippen LogP contribution < -0.4 is 0 Å². The highest BCUT2D eigenvalue weighted by atomic mass is 35.5. The van der Waals surface area contributed by atoms with Gasteiger partial charge in [0.25, 0.3) is 5.91 Å². The summed E-state index contributed by atoms with van der Waals surface area (Å²) in [4.78, 5) is 26.7. The lowest BCUT2D eigenvalue weighted by Crippen LogP contribution is -2.50. The zero-order valence-electron chi connectivity index (χ0n) is 18.9. The van der Waals surface area contributed by atoms with Gasteiger partial charge >= 0.3 is 0 Å². The molecule has 8 nitrogen and oxygen atoms in total. The molecule has 3 aromatic heterocycles. The summed E-state index contributed by atoms with van der Waals surface area (Å²) in [5, 5.41) is 0.613. The number of nitrogens with zero attached hydrogens (tertiary/aromatic N) is 6. The SMILES string of the molecule is CN(Cc1cnc2n1CCOC21CCN(C(=O)c2cn3cc(Cl)ccc3n2)CC1)CC1CC1. The summed E-state index contributed by atoms with van der Waals surface area (Å²) in [5.74, 6) is 1.85. The van der Waals surface area contributed by atoms with E-state index < -0.39 is 5.60 Å². The first-order valence-electron chi connectivity index (χ1n) is 11.8. The van der Waals surface area contributed by atoms with Crippen molar-refractivity contribution in [1.82, 2.24) is 28.7 Å². The van der Waals surface area contributed by atoms with E-state index in [0.717, 1.165) is 44.2 Å². The van der Waals surface area contributed by atoms with E-state index in [1.807, 2.05) is 17.2 Å². The van der Waals surface area contributed by atoms with Crippen molar-refractivity contribution < 1.29 is 9.53 Å².